The van der Waals surface area contributed by atoms with Crippen LogP contribution in [0.4, 0.5) is 0 Å². The Kier molecular flexibility index (Phi) is 4.33. The molecule has 0 unspecified atom stereocenters. The first kappa shape index (κ1) is 11.4. The van der Waals surface area contributed by atoms with Gasteiger partial charge in [0.1, 0.15) is 5.75 Å². The van der Waals surface area contributed by atoms with E-state index in [1.165, 1.54) is 16.7 Å². The first-order valence-corrected chi connectivity index (χ1v) is 5.57. The number of hydrogen-bond acceptors (Lipinski definition) is 2. The molecule has 0 amide bonds. The molecule has 14 heavy (non-hydrogen) atoms. The molecule has 0 aliphatic carbocycles. The van der Waals surface area contributed by atoms with Crippen LogP contribution in [0.5, 0.6) is 5.75 Å². The van der Waals surface area contributed by atoms with Gasteiger partial charge in [0.15, 0.2) is 0 Å². The van der Waals surface area contributed by atoms with Gasteiger partial charge in [-0.1, -0.05) is 6.07 Å². The molecule has 0 aliphatic heterocycles. The minimum absolute atomic E-state index is 0.927. The first-order valence-electron chi connectivity index (χ1n) is 4.94. The number of methoxy groups -OCH3 is 1. The Morgan fingerprint density at radius 3 is 2.43 bits per heavy atom. The van der Waals surface area contributed by atoms with Crippen molar-refractivity contribution in [1.82, 2.24) is 0 Å². The van der Waals surface area contributed by atoms with Crippen LogP contribution in [-0.4, -0.2) is 12.9 Å². The summed E-state index contributed by atoms with van der Waals surface area (Å²) in [7, 11) is 1.73. The number of hydrogen-bond donors (Lipinski definition) is 1. The van der Waals surface area contributed by atoms with Crippen molar-refractivity contribution in [3.63, 3.8) is 0 Å². The fourth-order valence-electron chi connectivity index (χ4n) is 1.50. The van der Waals surface area contributed by atoms with Crippen molar-refractivity contribution in [2.24, 2.45) is 0 Å². The van der Waals surface area contributed by atoms with Crippen molar-refractivity contribution in [2.75, 3.05) is 12.9 Å². The SMILES string of the molecule is COc1cc(C)c(C)cc1CCCS. The maximum atomic E-state index is 5.35. The van der Waals surface area contributed by atoms with Gasteiger partial charge >= 0.3 is 0 Å². The number of ether oxygens (including phenoxy) is 1. The van der Waals surface area contributed by atoms with Gasteiger partial charge in [0.25, 0.3) is 0 Å². The summed E-state index contributed by atoms with van der Waals surface area (Å²) in [5.74, 6) is 1.94. The molecule has 0 aromatic heterocycles. The smallest absolute Gasteiger partial charge is 0.122 e. The number of aryl methyl sites for hydroxylation is 3. The summed E-state index contributed by atoms with van der Waals surface area (Å²) in [5, 5.41) is 0. The molecule has 0 saturated carbocycles. The van der Waals surface area contributed by atoms with E-state index in [1.54, 1.807) is 7.11 Å². The molecule has 0 N–H and O–H groups in total. The Morgan fingerprint density at radius 1 is 1.21 bits per heavy atom. The van der Waals surface area contributed by atoms with Crippen LogP contribution in [0.25, 0.3) is 0 Å². The molecule has 0 bridgehead atoms. The predicted octanol–water partition coefficient (Wildman–Crippen LogP) is 3.17. The molecule has 2 heteroatoms. The van der Waals surface area contributed by atoms with Gasteiger partial charge < -0.3 is 4.74 Å². The van der Waals surface area contributed by atoms with Crippen molar-refractivity contribution in [3.05, 3.63) is 28.8 Å². The third-order valence-corrected chi connectivity index (χ3v) is 2.82. The third kappa shape index (κ3) is 2.68. The average molecular weight is 210 g/mol. The standard InChI is InChI=1S/C12H18OS/c1-9-7-11(5-4-6-14)12(13-3)8-10(9)2/h7-8,14H,4-6H2,1-3H3. The van der Waals surface area contributed by atoms with E-state index in [-0.39, 0.29) is 0 Å². The molecule has 0 spiro atoms. The van der Waals surface area contributed by atoms with Gasteiger partial charge in [-0.3, -0.25) is 0 Å². The molecule has 78 valence electrons. The van der Waals surface area contributed by atoms with Crippen molar-refractivity contribution >= 4 is 12.6 Å². The zero-order valence-electron chi connectivity index (χ0n) is 9.13. The van der Waals surface area contributed by atoms with Crippen LogP contribution in [0, 0.1) is 13.8 Å². The molecule has 0 fully saturated rings. The molecule has 0 radical (unpaired) electrons. The highest BCUT2D eigenvalue weighted by Crippen LogP contribution is 2.24. The Morgan fingerprint density at radius 2 is 1.86 bits per heavy atom. The largest absolute Gasteiger partial charge is 0.496 e. The normalized spacial score (nSPS) is 10.3. The van der Waals surface area contributed by atoms with Gasteiger partial charge in [-0.25, -0.2) is 0 Å². The summed E-state index contributed by atoms with van der Waals surface area (Å²) in [6.07, 6.45) is 2.15. The Bertz CT molecular complexity index is 307. The second kappa shape index (κ2) is 5.30. The van der Waals surface area contributed by atoms with Gasteiger partial charge in [-0.15, -0.1) is 0 Å². The monoisotopic (exact) mass is 210 g/mol. The molecule has 1 rings (SSSR count). The van der Waals surface area contributed by atoms with E-state index in [2.05, 4.69) is 38.6 Å². The summed E-state index contributed by atoms with van der Waals surface area (Å²) in [6, 6.07) is 4.33. The van der Waals surface area contributed by atoms with Crippen LogP contribution < -0.4 is 4.74 Å². The molecule has 1 nitrogen and oxygen atoms in total. The van der Waals surface area contributed by atoms with Crippen molar-refractivity contribution < 1.29 is 4.74 Å². The van der Waals surface area contributed by atoms with Crippen LogP contribution in [0.3, 0.4) is 0 Å². The van der Waals surface area contributed by atoms with E-state index >= 15 is 0 Å². The van der Waals surface area contributed by atoms with E-state index in [4.69, 9.17) is 4.74 Å². The molecule has 0 heterocycles. The average Bonchev–Trinajstić information content (AvgIpc) is 2.19. The lowest BCUT2D eigenvalue weighted by atomic mass is 10.0. The van der Waals surface area contributed by atoms with Crippen molar-refractivity contribution in [1.29, 1.82) is 0 Å². The molecule has 1 aromatic rings. The van der Waals surface area contributed by atoms with Gasteiger partial charge in [-0.05, 0) is 55.2 Å². The fourth-order valence-corrected chi connectivity index (χ4v) is 1.66. The topological polar surface area (TPSA) is 9.23 Å². The van der Waals surface area contributed by atoms with Crippen LogP contribution in [0.2, 0.25) is 0 Å². The van der Waals surface area contributed by atoms with E-state index in [1.807, 2.05) is 0 Å². The minimum atomic E-state index is 0.927. The lowest BCUT2D eigenvalue weighted by Crippen LogP contribution is -1.95. The Hall–Kier alpha value is -0.630. The third-order valence-electron chi connectivity index (χ3n) is 2.50. The van der Waals surface area contributed by atoms with E-state index < -0.39 is 0 Å². The summed E-state index contributed by atoms with van der Waals surface area (Å²) in [4.78, 5) is 0. The van der Waals surface area contributed by atoms with Crippen molar-refractivity contribution in [2.45, 2.75) is 26.7 Å². The first-order chi connectivity index (χ1) is 6.69. The molecule has 1 aromatic carbocycles. The highest BCUT2D eigenvalue weighted by atomic mass is 32.1. The predicted molar refractivity (Wildman–Crippen MR) is 64.6 cm³/mol. The zero-order chi connectivity index (χ0) is 10.6. The number of thiol groups is 1. The van der Waals surface area contributed by atoms with E-state index in [9.17, 15) is 0 Å². The molecule has 0 saturated heterocycles. The van der Waals surface area contributed by atoms with Gasteiger partial charge in [-0.2, -0.15) is 12.6 Å². The van der Waals surface area contributed by atoms with Crippen LogP contribution in [-0.2, 0) is 6.42 Å². The zero-order valence-corrected chi connectivity index (χ0v) is 10.0. The highest BCUT2D eigenvalue weighted by Gasteiger charge is 2.04. The lowest BCUT2D eigenvalue weighted by Gasteiger charge is -2.11. The van der Waals surface area contributed by atoms with Crippen LogP contribution in [0.1, 0.15) is 23.1 Å². The molecular weight excluding hydrogens is 192 g/mol. The Labute approximate surface area is 91.9 Å². The van der Waals surface area contributed by atoms with Crippen LogP contribution >= 0.6 is 12.6 Å². The summed E-state index contributed by atoms with van der Waals surface area (Å²) >= 11 is 4.22. The lowest BCUT2D eigenvalue weighted by molar-refractivity contribution is 0.409. The van der Waals surface area contributed by atoms with Crippen LogP contribution in [0.15, 0.2) is 12.1 Å². The van der Waals surface area contributed by atoms with Gasteiger partial charge in [0, 0.05) is 0 Å². The summed E-state index contributed by atoms with van der Waals surface area (Å²) in [5.41, 5.74) is 3.92. The Balaban J connectivity index is 2.95. The quantitative estimate of drug-likeness (QED) is 0.751. The summed E-state index contributed by atoms with van der Waals surface area (Å²) in [6.45, 7) is 4.25. The highest BCUT2D eigenvalue weighted by molar-refractivity contribution is 7.80. The minimum Gasteiger partial charge on any atom is -0.496 e. The van der Waals surface area contributed by atoms with Crippen molar-refractivity contribution in [3.8, 4) is 5.75 Å². The molecule has 0 atom stereocenters. The number of benzene rings is 1. The summed E-state index contributed by atoms with van der Waals surface area (Å²) < 4.78 is 5.35. The maximum absolute atomic E-state index is 5.35. The maximum Gasteiger partial charge on any atom is 0.122 e. The second-order valence-corrected chi connectivity index (χ2v) is 4.02. The fraction of sp³-hybridized carbons (Fsp3) is 0.500. The van der Waals surface area contributed by atoms with Gasteiger partial charge in [0.2, 0.25) is 0 Å². The van der Waals surface area contributed by atoms with E-state index in [0.717, 1.165) is 24.3 Å². The van der Waals surface area contributed by atoms with E-state index in [0.29, 0.717) is 0 Å². The second-order valence-electron chi connectivity index (χ2n) is 3.58. The molecule has 0 aliphatic rings. The molecular formula is C12H18OS. The van der Waals surface area contributed by atoms with Gasteiger partial charge in [0.05, 0.1) is 7.11 Å². The number of rotatable bonds is 4.